The van der Waals surface area contributed by atoms with Crippen LogP contribution in [0.5, 0.6) is 0 Å². The van der Waals surface area contributed by atoms with Gasteiger partial charge in [-0.2, -0.15) is 18.3 Å². The maximum Gasteiger partial charge on any atom is 0.433 e. The molecule has 4 rings (SSSR count). The van der Waals surface area contributed by atoms with Gasteiger partial charge in [-0.25, -0.2) is 9.97 Å². The first kappa shape index (κ1) is 19.3. The maximum absolute atomic E-state index is 13.6. The van der Waals surface area contributed by atoms with E-state index >= 15 is 0 Å². The van der Waals surface area contributed by atoms with Gasteiger partial charge in [0.05, 0.1) is 24.9 Å². The van der Waals surface area contributed by atoms with Gasteiger partial charge in [-0.1, -0.05) is 0 Å². The number of nitrogens with one attached hydrogen (secondary N) is 1. The lowest BCUT2D eigenvalue weighted by Crippen LogP contribution is -2.40. The van der Waals surface area contributed by atoms with Crippen LogP contribution in [-0.2, 0) is 10.9 Å². The molecule has 1 saturated heterocycles. The van der Waals surface area contributed by atoms with Crippen LogP contribution in [0.2, 0.25) is 0 Å². The van der Waals surface area contributed by atoms with E-state index < -0.39 is 11.9 Å². The van der Waals surface area contributed by atoms with Crippen molar-refractivity contribution < 1.29 is 17.9 Å². The summed E-state index contributed by atoms with van der Waals surface area (Å²) in [5, 5.41) is 7.14. The molecule has 3 aromatic rings. The summed E-state index contributed by atoms with van der Waals surface area (Å²) in [5.74, 6) is 0.204. The van der Waals surface area contributed by atoms with Crippen LogP contribution < -0.4 is 4.90 Å². The van der Waals surface area contributed by atoms with Crippen LogP contribution in [0.15, 0.2) is 30.6 Å². The van der Waals surface area contributed by atoms with Gasteiger partial charge in [-0.15, -0.1) is 0 Å². The zero-order valence-electron chi connectivity index (χ0n) is 15.9. The van der Waals surface area contributed by atoms with Crippen molar-refractivity contribution in [2.75, 3.05) is 24.7 Å². The van der Waals surface area contributed by atoms with Crippen LogP contribution in [0.1, 0.15) is 28.7 Å². The van der Waals surface area contributed by atoms with E-state index in [-0.39, 0.29) is 17.7 Å². The van der Waals surface area contributed by atoms with E-state index in [1.807, 2.05) is 18.7 Å². The van der Waals surface area contributed by atoms with Gasteiger partial charge in [0.1, 0.15) is 5.82 Å². The lowest BCUT2D eigenvalue weighted by atomic mass is 10.0. The minimum absolute atomic E-state index is 0.00287. The first-order chi connectivity index (χ1) is 13.8. The SMILES string of the molecule is Cc1n[nH]c(C)c1[C@H]1COCCN1c1cc(C(F)(F)F)nc(-c2ccncc2)n1. The topological polar surface area (TPSA) is 79.8 Å². The van der Waals surface area contributed by atoms with Crippen LogP contribution in [0.4, 0.5) is 19.0 Å². The molecule has 0 unspecified atom stereocenters. The van der Waals surface area contributed by atoms with Crippen molar-refractivity contribution in [3.8, 4) is 11.4 Å². The average Bonchev–Trinajstić information content (AvgIpc) is 3.05. The molecule has 1 fully saturated rings. The number of H-pyrrole nitrogens is 1. The van der Waals surface area contributed by atoms with Gasteiger partial charge < -0.3 is 9.64 Å². The third kappa shape index (κ3) is 3.80. The van der Waals surface area contributed by atoms with Gasteiger partial charge in [-0.05, 0) is 26.0 Å². The molecule has 0 spiro atoms. The Bertz CT molecular complexity index is 985. The van der Waals surface area contributed by atoms with Crippen molar-refractivity contribution in [3.05, 3.63) is 53.2 Å². The van der Waals surface area contributed by atoms with E-state index in [2.05, 4.69) is 25.1 Å². The molecule has 0 aliphatic carbocycles. The normalized spacial score (nSPS) is 17.6. The van der Waals surface area contributed by atoms with Gasteiger partial charge in [-0.3, -0.25) is 10.1 Å². The number of alkyl halides is 3. The molecule has 10 heteroatoms. The summed E-state index contributed by atoms with van der Waals surface area (Å²) in [7, 11) is 0. The number of hydrogen-bond acceptors (Lipinski definition) is 6. The second kappa shape index (κ2) is 7.43. The van der Waals surface area contributed by atoms with E-state index in [9.17, 15) is 13.2 Å². The summed E-state index contributed by atoms with van der Waals surface area (Å²) in [5.41, 5.74) is 2.01. The van der Waals surface area contributed by atoms with Gasteiger partial charge in [0, 0.05) is 41.8 Å². The summed E-state index contributed by atoms with van der Waals surface area (Å²) in [6.07, 6.45) is -1.61. The Labute approximate surface area is 165 Å². The highest BCUT2D eigenvalue weighted by molar-refractivity contribution is 5.58. The molecule has 0 aromatic carbocycles. The van der Waals surface area contributed by atoms with Gasteiger partial charge in [0.2, 0.25) is 0 Å². The van der Waals surface area contributed by atoms with Crippen LogP contribution in [0.25, 0.3) is 11.4 Å². The molecule has 1 aliphatic rings. The molecule has 0 radical (unpaired) electrons. The Morgan fingerprint density at radius 2 is 1.93 bits per heavy atom. The zero-order valence-corrected chi connectivity index (χ0v) is 15.9. The first-order valence-electron chi connectivity index (χ1n) is 9.07. The lowest BCUT2D eigenvalue weighted by Gasteiger charge is -2.37. The number of hydrogen-bond donors (Lipinski definition) is 1. The number of halogens is 3. The Morgan fingerprint density at radius 3 is 2.59 bits per heavy atom. The predicted molar refractivity (Wildman–Crippen MR) is 99.2 cm³/mol. The number of aryl methyl sites for hydroxylation is 2. The molecule has 29 heavy (non-hydrogen) atoms. The van der Waals surface area contributed by atoms with Gasteiger partial charge in [0.25, 0.3) is 0 Å². The van der Waals surface area contributed by atoms with E-state index in [0.29, 0.717) is 25.3 Å². The van der Waals surface area contributed by atoms with Crippen molar-refractivity contribution in [2.24, 2.45) is 0 Å². The minimum Gasteiger partial charge on any atom is -0.377 e. The number of rotatable bonds is 3. The summed E-state index contributed by atoms with van der Waals surface area (Å²) in [6.45, 7) is 4.86. The largest absolute Gasteiger partial charge is 0.433 e. The molecule has 0 saturated carbocycles. The minimum atomic E-state index is -4.59. The van der Waals surface area contributed by atoms with Crippen LogP contribution >= 0.6 is 0 Å². The number of pyridine rings is 1. The highest BCUT2D eigenvalue weighted by atomic mass is 19.4. The lowest BCUT2D eigenvalue weighted by molar-refractivity contribution is -0.141. The Hall–Kier alpha value is -3.01. The quantitative estimate of drug-likeness (QED) is 0.720. The van der Waals surface area contributed by atoms with Crippen molar-refractivity contribution in [2.45, 2.75) is 26.1 Å². The first-order valence-corrected chi connectivity index (χ1v) is 9.07. The molecule has 7 nitrogen and oxygen atoms in total. The smallest absolute Gasteiger partial charge is 0.377 e. The predicted octanol–water partition coefficient (Wildman–Crippen LogP) is 3.48. The summed E-state index contributed by atoms with van der Waals surface area (Å²) in [4.78, 5) is 13.9. The van der Waals surface area contributed by atoms with Crippen molar-refractivity contribution in [1.29, 1.82) is 0 Å². The van der Waals surface area contributed by atoms with E-state index in [4.69, 9.17) is 4.74 Å². The number of ether oxygens (including phenoxy) is 1. The summed E-state index contributed by atoms with van der Waals surface area (Å²) in [6, 6.07) is 3.86. The molecule has 0 amide bonds. The average molecular weight is 404 g/mol. The third-order valence-corrected chi connectivity index (χ3v) is 4.88. The number of nitrogens with zero attached hydrogens (tertiary/aromatic N) is 5. The molecule has 1 aliphatic heterocycles. The number of aromatic nitrogens is 5. The van der Waals surface area contributed by atoms with E-state index in [1.165, 1.54) is 12.4 Å². The van der Waals surface area contributed by atoms with Crippen LogP contribution in [0, 0.1) is 13.8 Å². The fourth-order valence-corrected chi connectivity index (χ4v) is 3.52. The number of anilines is 1. The Morgan fingerprint density at radius 1 is 1.17 bits per heavy atom. The number of aromatic amines is 1. The molecule has 0 bridgehead atoms. The molecular weight excluding hydrogens is 385 g/mol. The monoisotopic (exact) mass is 404 g/mol. The Kier molecular flexibility index (Phi) is 4.95. The fourth-order valence-electron chi connectivity index (χ4n) is 3.52. The summed E-state index contributed by atoms with van der Waals surface area (Å²) >= 11 is 0. The standard InChI is InChI=1S/C19H19F3N6O/c1-11-17(12(2)27-26-11)14-10-29-8-7-28(14)16-9-15(19(20,21)22)24-18(25-16)13-3-5-23-6-4-13/h3-6,9,14H,7-8,10H2,1-2H3,(H,26,27)/t14-/m1/s1. The van der Waals surface area contributed by atoms with Crippen molar-refractivity contribution in [3.63, 3.8) is 0 Å². The van der Waals surface area contributed by atoms with Gasteiger partial charge >= 0.3 is 6.18 Å². The second-order valence-corrected chi connectivity index (χ2v) is 6.80. The summed E-state index contributed by atoms with van der Waals surface area (Å²) < 4.78 is 46.3. The highest BCUT2D eigenvalue weighted by Gasteiger charge is 2.36. The Balaban J connectivity index is 1.84. The van der Waals surface area contributed by atoms with Crippen molar-refractivity contribution in [1.82, 2.24) is 25.1 Å². The molecular formula is C19H19F3N6O. The molecule has 3 aromatic heterocycles. The van der Waals surface area contributed by atoms with E-state index in [1.54, 1.807) is 12.1 Å². The number of morpholine rings is 1. The fraction of sp³-hybridized carbons (Fsp3) is 0.368. The molecule has 4 heterocycles. The highest BCUT2D eigenvalue weighted by Crippen LogP contribution is 2.36. The van der Waals surface area contributed by atoms with Crippen LogP contribution in [-0.4, -0.2) is 44.9 Å². The zero-order chi connectivity index (χ0) is 20.6. The van der Waals surface area contributed by atoms with Gasteiger partial charge in [0.15, 0.2) is 11.5 Å². The molecule has 1 atom stereocenters. The van der Waals surface area contributed by atoms with E-state index in [0.717, 1.165) is 23.0 Å². The molecule has 1 N–H and O–H groups in total. The molecule has 152 valence electrons. The maximum atomic E-state index is 13.6. The van der Waals surface area contributed by atoms with Crippen molar-refractivity contribution >= 4 is 5.82 Å². The third-order valence-electron chi connectivity index (χ3n) is 4.88. The second-order valence-electron chi connectivity index (χ2n) is 6.80. The van der Waals surface area contributed by atoms with Crippen LogP contribution in [0.3, 0.4) is 0 Å².